The number of hydrogen-bond acceptors (Lipinski definition) is 3. The maximum absolute atomic E-state index is 12.9. The highest BCUT2D eigenvalue weighted by Gasteiger charge is 2.20. The van der Waals surface area contributed by atoms with E-state index in [0.717, 1.165) is 11.3 Å². The monoisotopic (exact) mass is 317 g/mol. The molecule has 0 fully saturated rings. The van der Waals surface area contributed by atoms with Crippen LogP contribution in [0.1, 0.15) is 12.5 Å². The van der Waals surface area contributed by atoms with E-state index in [0.29, 0.717) is 12.3 Å². The number of amides is 1. The summed E-state index contributed by atoms with van der Waals surface area (Å²) in [6.45, 7) is 2.09. The van der Waals surface area contributed by atoms with E-state index >= 15 is 0 Å². The topological polar surface area (TPSA) is 38.8 Å². The number of nitrogens with zero attached hydrogens (tertiary/aromatic N) is 1. The second-order valence-electron chi connectivity index (χ2n) is 5.22. The molecule has 4 nitrogen and oxygen atoms in total. The molecule has 0 aliphatic rings. The van der Waals surface area contributed by atoms with Gasteiger partial charge in [-0.05, 0) is 37.3 Å². The fourth-order valence-corrected chi connectivity index (χ4v) is 2.25. The molecule has 0 heterocycles. The molecule has 0 aromatic heterocycles. The smallest absolute Gasteiger partial charge is 0.263 e. The van der Waals surface area contributed by atoms with Crippen molar-refractivity contribution in [2.24, 2.45) is 0 Å². The minimum Gasteiger partial charge on any atom is -0.496 e. The van der Waals surface area contributed by atoms with Gasteiger partial charge in [0.05, 0.1) is 7.11 Å². The number of carbonyl (C=O) groups excluding carboxylic acids is 1. The average Bonchev–Trinajstić information content (AvgIpc) is 2.56. The third-order valence-corrected chi connectivity index (χ3v) is 3.45. The molecule has 2 aromatic carbocycles. The number of hydrogen-bond donors (Lipinski definition) is 0. The van der Waals surface area contributed by atoms with Gasteiger partial charge in [0.15, 0.2) is 6.10 Å². The predicted molar refractivity (Wildman–Crippen MR) is 86.0 cm³/mol. The van der Waals surface area contributed by atoms with Crippen LogP contribution in [-0.2, 0) is 11.3 Å². The van der Waals surface area contributed by atoms with Crippen molar-refractivity contribution >= 4 is 5.91 Å². The molecule has 0 bridgehead atoms. The van der Waals surface area contributed by atoms with Crippen LogP contribution >= 0.6 is 0 Å². The molecule has 0 aliphatic heterocycles. The van der Waals surface area contributed by atoms with Crippen molar-refractivity contribution in [1.29, 1.82) is 0 Å². The van der Waals surface area contributed by atoms with Gasteiger partial charge in [0.2, 0.25) is 0 Å². The van der Waals surface area contributed by atoms with Crippen molar-refractivity contribution in [2.75, 3.05) is 14.2 Å². The summed E-state index contributed by atoms with van der Waals surface area (Å²) in [5.74, 6) is 0.682. The number of rotatable bonds is 6. The van der Waals surface area contributed by atoms with Crippen molar-refractivity contribution in [3.8, 4) is 11.5 Å². The zero-order valence-electron chi connectivity index (χ0n) is 13.5. The highest BCUT2D eigenvalue weighted by atomic mass is 19.1. The van der Waals surface area contributed by atoms with E-state index in [9.17, 15) is 9.18 Å². The van der Waals surface area contributed by atoms with E-state index in [4.69, 9.17) is 9.47 Å². The van der Waals surface area contributed by atoms with Gasteiger partial charge in [0, 0.05) is 19.2 Å². The number of methoxy groups -OCH3 is 1. The molecule has 0 spiro atoms. The molecule has 2 rings (SSSR count). The van der Waals surface area contributed by atoms with Crippen LogP contribution in [0.25, 0.3) is 0 Å². The van der Waals surface area contributed by atoms with Crippen molar-refractivity contribution in [2.45, 2.75) is 19.6 Å². The first-order valence-electron chi connectivity index (χ1n) is 7.30. The maximum Gasteiger partial charge on any atom is 0.263 e. The second-order valence-corrected chi connectivity index (χ2v) is 5.22. The molecule has 0 saturated carbocycles. The molecule has 1 atom stereocenters. The largest absolute Gasteiger partial charge is 0.496 e. The zero-order chi connectivity index (χ0) is 16.8. The fraction of sp³-hybridized carbons (Fsp3) is 0.278. The Labute approximate surface area is 135 Å². The average molecular weight is 317 g/mol. The summed E-state index contributed by atoms with van der Waals surface area (Å²) in [6.07, 6.45) is -0.667. The van der Waals surface area contributed by atoms with Crippen molar-refractivity contribution in [3.63, 3.8) is 0 Å². The van der Waals surface area contributed by atoms with Crippen LogP contribution in [0.3, 0.4) is 0 Å². The van der Waals surface area contributed by atoms with Crippen LogP contribution in [-0.4, -0.2) is 31.1 Å². The van der Waals surface area contributed by atoms with Gasteiger partial charge in [-0.25, -0.2) is 4.39 Å². The lowest BCUT2D eigenvalue weighted by molar-refractivity contribution is -0.137. The van der Waals surface area contributed by atoms with Gasteiger partial charge < -0.3 is 14.4 Å². The SMILES string of the molecule is COc1ccccc1CN(C)C(=O)C(C)Oc1ccc(F)cc1. The summed E-state index contributed by atoms with van der Waals surface area (Å²) in [5.41, 5.74) is 0.917. The summed E-state index contributed by atoms with van der Waals surface area (Å²) in [6, 6.07) is 13.1. The molecular formula is C18H20FNO3. The van der Waals surface area contributed by atoms with Crippen molar-refractivity contribution < 1.29 is 18.7 Å². The minimum atomic E-state index is -0.667. The van der Waals surface area contributed by atoms with Gasteiger partial charge in [0.1, 0.15) is 17.3 Å². The fourth-order valence-electron chi connectivity index (χ4n) is 2.25. The van der Waals surface area contributed by atoms with Gasteiger partial charge in [0.25, 0.3) is 5.91 Å². The molecule has 1 amide bonds. The molecular weight excluding hydrogens is 297 g/mol. The Bertz CT molecular complexity index is 658. The van der Waals surface area contributed by atoms with Gasteiger partial charge in [-0.15, -0.1) is 0 Å². The number of halogens is 1. The number of carbonyl (C=O) groups is 1. The van der Waals surface area contributed by atoms with Crippen molar-refractivity contribution in [1.82, 2.24) is 4.90 Å². The Morgan fingerprint density at radius 2 is 1.83 bits per heavy atom. The lowest BCUT2D eigenvalue weighted by Gasteiger charge is -2.23. The van der Waals surface area contributed by atoms with Crippen LogP contribution in [0.4, 0.5) is 4.39 Å². The number of likely N-dealkylation sites (N-methyl/N-ethyl adjacent to an activating group) is 1. The Balaban J connectivity index is 1.99. The lowest BCUT2D eigenvalue weighted by atomic mass is 10.2. The van der Waals surface area contributed by atoms with Crippen LogP contribution in [0.2, 0.25) is 0 Å². The van der Waals surface area contributed by atoms with E-state index < -0.39 is 6.10 Å². The molecule has 1 unspecified atom stereocenters. The molecule has 0 aliphatic carbocycles. The quantitative estimate of drug-likeness (QED) is 0.821. The molecule has 2 aromatic rings. The Hall–Kier alpha value is -2.56. The maximum atomic E-state index is 12.9. The number of para-hydroxylation sites is 1. The number of ether oxygens (including phenoxy) is 2. The normalized spacial score (nSPS) is 11.7. The summed E-state index contributed by atoms with van der Waals surface area (Å²) in [4.78, 5) is 14.0. The Morgan fingerprint density at radius 1 is 1.17 bits per heavy atom. The summed E-state index contributed by atoms with van der Waals surface area (Å²) < 4.78 is 23.7. The minimum absolute atomic E-state index is 0.166. The standard InChI is InChI=1S/C18H20FNO3/c1-13(23-16-10-8-15(19)9-11-16)18(21)20(2)12-14-6-4-5-7-17(14)22-3/h4-11,13H,12H2,1-3H3. The molecule has 0 radical (unpaired) electrons. The van der Waals surface area contributed by atoms with Crippen LogP contribution in [0.15, 0.2) is 48.5 Å². The molecule has 0 N–H and O–H groups in total. The summed E-state index contributed by atoms with van der Waals surface area (Å²) >= 11 is 0. The van der Waals surface area contributed by atoms with Crippen LogP contribution < -0.4 is 9.47 Å². The Kier molecular flexibility index (Phi) is 5.57. The van der Waals surface area contributed by atoms with Gasteiger partial charge in [-0.2, -0.15) is 0 Å². The van der Waals surface area contributed by atoms with Gasteiger partial charge >= 0.3 is 0 Å². The van der Waals surface area contributed by atoms with E-state index in [1.165, 1.54) is 24.3 Å². The van der Waals surface area contributed by atoms with Gasteiger partial charge in [-0.1, -0.05) is 18.2 Å². The van der Waals surface area contributed by atoms with E-state index in [1.807, 2.05) is 24.3 Å². The van der Waals surface area contributed by atoms with E-state index in [-0.39, 0.29) is 11.7 Å². The molecule has 0 saturated heterocycles. The first kappa shape index (κ1) is 16.8. The first-order valence-corrected chi connectivity index (χ1v) is 7.30. The van der Waals surface area contributed by atoms with Crippen molar-refractivity contribution in [3.05, 3.63) is 59.9 Å². The predicted octanol–water partition coefficient (Wildman–Crippen LogP) is 3.26. The van der Waals surface area contributed by atoms with E-state index in [2.05, 4.69) is 0 Å². The third kappa shape index (κ3) is 4.45. The summed E-state index contributed by atoms with van der Waals surface area (Å²) in [7, 11) is 3.31. The highest BCUT2D eigenvalue weighted by molar-refractivity contribution is 5.80. The third-order valence-electron chi connectivity index (χ3n) is 3.45. The molecule has 122 valence electrons. The van der Waals surface area contributed by atoms with Gasteiger partial charge in [-0.3, -0.25) is 4.79 Å². The second kappa shape index (κ2) is 7.63. The zero-order valence-corrected chi connectivity index (χ0v) is 13.5. The molecule has 23 heavy (non-hydrogen) atoms. The highest BCUT2D eigenvalue weighted by Crippen LogP contribution is 2.19. The number of benzene rings is 2. The van der Waals surface area contributed by atoms with Crippen LogP contribution in [0, 0.1) is 5.82 Å². The summed E-state index contributed by atoms with van der Waals surface area (Å²) in [5, 5.41) is 0. The lowest BCUT2D eigenvalue weighted by Crippen LogP contribution is -2.37. The van der Waals surface area contributed by atoms with Crippen LogP contribution in [0.5, 0.6) is 11.5 Å². The molecule has 5 heteroatoms. The Morgan fingerprint density at radius 3 is 2.48 bits per heavy atom. The first-order chi connectivity index (χ1) is 11.0. The van der Waals surface area contributed by atoms with E-state index in [1.54, 1.807) is 26.0 Å².